The Kier molecular flexibility index (Phi) is 7.42. The monoisotopic (exact) mass is 717 g/mol. The molecule has 0 aliphatic heterocycles. The van der Waals surface area contributed by atoms with Gasteiger partial charge in [0.2, 0.25) is 0 Å². The van der Waals surface area contributed by atoms with Gasteiger partial charge < -0.3 is 8.83 Å². The van der Waals surface area contributed by atoms with Gasteiger partial charge in [-0.15, -0.1) is 0 Å². The van der Waals surface area contributed by atoms with Gasteiger partial charge in [-0.2, -0.15) is 0 Å². The van der Waals surface area contributed by atoms with Crippen LogP contribution in [0.2, 0.25) is 0 Å². The van der Waals surface area contributed by atoms with Crippen LogP contribution in [0.25, 0.3) is 111 Å². The fourth-order valence-electron chi connectivity index (χ4n) is 7.85. The minimum atomic E-state index is 0.579. The number of nitrogens with zero attached hydrogens (tertiary/aromatic N) is 3. The maximum atomic E-state index is 6.61. The highest BCUT2D eigenvalue weighted by Crippen LogP contribution is 2.42. The molecular weight excluding hydrogens is 687 g/mol. The van der Waals surface area contributed by atoms with Gasteiger partial charge in [0, 0.05) is 38.2 Å². The van der Waals surface area contributed by atoms with E-state index in [1.807, 2.05) is 60.7 Å². The molecule has 0 fully saturated rings. The smallest absolute Gasteiger partial charge is 0.164 e. The van der Waals surface area contributed by atoms with E-state index in [9.17, 15) is 0 Å². The fourth-order valence-corrected chi connectivity index (χ4v) is 7.85. The van der Waals surface area contributed by atoms with Crippen molar-refractivity contribution in [1.82, 2.24) is 15.0 Å². The topological polar surface area (TPSA) is 65.0 Å². The lowest BCUT2D eigenvalue weighted by molar-refractivity contribution is 0.668. The van der Waals surface area contributed by atoms with Gasteiger partial charge in [0.25, 0.3) is 0 Å². The van der Waals surface area contributed by atoms with E-state index in [4.69, 9.17) is 23.8 Å². The summed E-state index contributed by atoms with van der Waals surface area (Å²) in [6.45, 7) is 0. The van der Waals surface area contributed by atoms with Crippen molar-refractivity contribution in [3.8, 4) is 67.5 Å². The van der Waals surface area contributed by atoms with E-state index >= 15 is 0 Å². The van der Waals surface area contributed by atoms with Gasteiger partial charge >= 0.3 is 0 Å². The molecule has 262 valence electrons. The molecule has 0 N–H and O–H groups in total. The number of furan rings is 2. The first-order chi connectivity index (χ1) is 27.7. The van der Waals surface area contributed by atoms with Crippen LogP contribution in [0, 0.1) is 0 Å². The molecule has 0 saturated carbocycles. The van der Waals surface area contributed by atoms with Crippen molar-refractivity contribution in [3.63, 3.8) is 0 Å². The Bertz CT molecular complexity index is 3240. The van der Waals surface area contributed by atoms with E-state index in [1.165, 1.54) is 0 Å². The molecule has 3 heterocycles. The predicted octanol–water partition coefficient (Wildman–Crippen LogP) is 13.7. The Morgan fingerprint density at radius 2 is 0.732 bits per heavy atom. The number of aromatic nitrogens is 3. The average Bonchev–Trinajstić information content (AvgIpc) is 3.85. The molecule has 11 rings (SSSR count). The molecule has 0 aliphatic rings. The zero-order valence-corrected chi connectivity index (χ0v) is 30.1. The van der Waals surface area contributed by atoms with Gasteiger partial charge in [-0.3, -0.25) is 0 Å². The summed E-state index contributed by atoms with van der Waals surface area (Å²) in [5.74, 6) is 1.80. The molecule has 5 heteroatoms. The molecule has 0 spiro atoms. The van der Waals surface area contributed by atoms with Crippen LogP contribution in [0.1, 0.15) is 0 Å². The summed E-state index contributed by atoms with van der Waals surface area (Å²) in [6.07, 6.45) is 0. The van der Waals surface area contributed by atoms with Gasteiger partial charge in [-0.1, -0.05) is 152 Å². The van der Waals surface area contributed by atoms with E-state index in [0.717, 1.165) is 93.9 Å². The van der Waals surface area contributed by atoms with Crippen LogP contribution < -0.4 is 0 Å². The third kappa shape index (κ3) is 5.45. The molecule has 0 amide bonds. The zero-order chi connectivity index (χ0) is 37.0. The van der Waals surface area contributed by atoms with Gasteiger partial charge in [-0.05, 0) is 69.8 Å². The largest absolute Gasteiger partial charge is 0.456 e. The second kappa shape index (κ2) is 13.0. The summed E-state index contributed by atoms with van der Waals surface area (Å²) in [5.41, 5.74) is 12.8. The standard InChI is InChI=1S/C51H31N3O2/c1-3-12-32(13-4-1)33-22-24-35(25-23-33)50-52-49(34-14-5-2-6-15-34)53-51(54-50)37-27-29-43-47(31-37)56-45-21-11-19-42(48(43)45)39-17-8-7-16-38(39)36-26-28-41-40-18-9-10-20-44(40)55-46(41)30-36/h1-31H. The normalized spacial score (nSPS) is 11.6. The van der Waals surface area contributed by atoms with Gasteiger partial charge in [-0.25, -0.2) is 15.0 Å². The van der Waals surface area contributed by atoms with Gasteiger partial charge in [0.15, 0.2) is 17.5 Å². The third-order valence-corrected chi connectivity index (χ3v) is 10.6. The van der Waals surface area contributed by atoms with Crippen molar-refractivity contribution < 1.29 is 8.83 Å². The summed E-state index contributed by atoms with van der Waals surface area (Å²) in [5, 5.41) is 4.32. The Labute approximate surface area is 322 Å². The van der Waals surface area contributed by atoms with Crippen molar-refractivity contribution in [2.24, 2.45) is 0 Å². The van der Waals surface area contributed by atoms with E-state index in [0.29, 0.717) is 17.5 Å². The zero-order valence-electron chi connectivity index (χ0n) is 30.1. The summed E-state index contributed by atoms with van der Waals surface area (Å²) in [6, 6.07) is 64.6. The Morgan fingerprint density at radius 3 is 1.52 bits per heavy atom. The lowest BCUT2D eigenvalue weighted by Crippen LogP contribution is -2.00. The van der Waals surface area contributed by atoms with Crippen molar-refractivity contribution in [1.29, 1.82) is 0 Å². The molecule has 0 bridgehead atoms. The molecule has 8 aromatic carbocycles. The molecule has 11 aromatic rings. The maximum absolute atomic E-state index is 6.61. The van der Waals surface area contributed by atoms with Crippen LogP contribution in [0.15, 0.2) is 197 Å². The van der Waals surface area contributed by atoms with Crippen LogP contribution >= 0.6 is 0 Å². The first-order valence-corrected chi connectivity index (χ1v) is 18.7. The SMILES string of the molecule is c1ccc(-c2ccc(-c3nc(-c4ccccc4)nc(-c4ccc5c(c4)oc4cccc(-c6ccccc6-c6ccc7c(c6)oc6ccccc67)c45)n3)cc2)cc1. The summed E-state index contributed by atoms with van der Waals surface area (Å²) < 4.78 is 12.9. The summed E-state index contributed by atoms with van der Waals surface area (Å²) in [4.78, 5) is 15.0. The number of rotatable bonds is 6. The first kappa shape index (κ1) is 31.9. The second-order valence-corrected chi connectivity index (χ2v) is 14.0. The van der Waals surface area contributed by atoms with Crippen LogP contribution in [0.5, 0.6) is 0 Å². The maximum Gasteiger partial charge on any atom is 0.164 e. The van der Waals surface area contributed by atoms with E-state index < -0.39 is 0 Å². The minimum Gasteiger partial charge on any atom is -0.456 e. The molecule has 0 saturated heterocycles. The van der Waals surface area contributed by atoms with Crippen molar-refractivity contribution in [3.05, 3.63) is 188 Å². The minimum absolute atomic E-state index is 0.579. The fraction of sp³-hybridized carbons (Fsp3) is 0. The molecule has 56 heavy (non-hydrogen) atoms. The van der Waals surface area contributed by atoms with E-state index in [2.05, 4.69) is 127 Å². The molecule has 0 aliphatic carbocycles. The van der Waals surface area contributed by atoms with Crippen molar-refractivity contribution >= 4 is 43.9 Å². The first-order valence-electron chi connectivity index (χ1n) is 18.7. The molecular formula is C51H31N3O2. The van der Waals surface area contributed by atoms with Crippen molar-refractivity contribution in [2.45, 2.75) is 0 Å². The highest BCUT2D eigenvalue weighted by Gasteiger charge is 2.19. The Hall–Kier alpha value is -7.63. The van der Waals surface area contributed by atoms with Crippen molar-refractivity contribution in [2.75, 3.05) is 0 Å². The van der Waals surface area contributed by atoms with E-state index in [1.54, 1.807) is 0 Å². The van der Waals surface area contributed by atoms with Gasteiger partial charge in [0.05, 0.1) is 0 Å². The van der Waals surface area contributed by atoms with Gasteiger partial charge in [0.1, 0.15) is 22.3 Å². The number of para-hydroxylation sites is 1. The third-order valence-electron chi connectivity index (χ3n) is 10.6. The van der Waals surface area contributed by atoms with E-state index in [-0.39, 0.29) is 0 Å². The number of hydrogen-bond acceptors (Lipinski definition) is 5. The Balaban J connectivity index is 1.02. The number of fused-ring (bicyclic) bond motifs is 6. The Morgan fingerprint density at radius 1 is 0.268 bits per heavy atom. The van der Waals surface area contributed by atoms with Crippen LogP contribution in [-0.2, 0) is 0 Å². The molecule has 0 unspecified atom stereocenters. The van der Waals surface area contributed by atoms with Crippen LogP contribution in [-0.4, -0.2) is 15.0 Å². The summed E-state index contributed by atoms with van der Waals surface area (Å²) in [7, 11) is 0. The lowest BCUT2D eigenvalue weighted by atomic mass is 9.91. The molecule has 3 aromatic heterocycles. The lowest BCUT2D eigenvalue weighted by Gasteiger charge is -2.11. The summed E-state index contributed by atoms with van der Waals surface area (Å²) >= 11 is 0. The molecule has 0 radical (unpaired) electrons. The highest BCUT2D eigenvalue weighted by molar-refractivity contribution is 6.14. The highest BCUT2D eigenvalue weighted by atomic mass is 16.3. The second-order valence-electron chi connectivity index (χ2n) is 14.0. The predicted molar refractivity (Wildman–Crippen MR) is 227 cm³/mol. The quantitative estimate of drug-likeness (QED) is 0.171. The average molecular weight is 718 g/mol. The van der Waals surface area contributed by atoms with Crippen LogP contribution in [0.3, 0.4) is 0 Å². The molecule has 0 atom stereocenters. The number of hydrogen-bond donors (Lipinski definition) is 0. The number of benzene rings is 8. The molecule has 5 nitrogen and oxygen atoms in total. The van der Waals surface area contributed by atoms with Crippen LogP contribution in [0.4, 0.5) is 0 Å².